The van der Waals surface area contributed by atoms with E-state index in [0.29, 0.717) is 0 Å². The molecule has 0 bridgehead atoms. The van der Waals surface area contributed by atoms with Gasteiger partial charge in [-0.05, 0) is 6.42 Å². The van der Waals surface area contributed by atoms with E-state index in [1.54, 1.807) is 14.2 Å². The van der Waals surface area contributed by atoms with Crippen LogP contribution in [0.2, 0.25) is 6.04 Å². The molecule has 0 aromatic carbocycles. The van der Waals surface area contributed by atoms with Crippen LogP contribution in [0.4, 0.5) is 0 Å². The normalized spacial score (nSPS) is 12.0. The third-order valence-electron chi connectivity index (χ3n) is 1.50. The first kappa shape index (κ1) is 11.1. The summed E-state index contributed by atoms with van der Waals surface area (Å²) in [5, 5.41) is 0. The fourth-order valence-corrected chi connectivity index (χ4v) is 2.14. The molecule has 0 fully saturated rings. The van der Waals surface area contributed by atoms with E-state index >= 15 is 0 Å². The van der Waals surface area contributed by atoms with Gasteiger partial charge in [0.2, 0.25) is 0 Å². The predicted octanol–water partition coefficient (Wildman–Crippen LogP) is 0.348. The molecule has 0 aliphatic carbocycles. The molecule has 3 nitrogen and oxygen atoms in total. The summed E-state index contributed by atoms with van der Waals surface area (Å²) in [5.74, 6) is 0.0693. The van der Waals surface area contributed by atoms with Crippen molar-refractivity contribution in [3.05, 3.63) is 7.11 Å². The van der Waals surface area contributed by atoms with Gasteiger partial charge in [-0.3, -0.25) is 0 Å². The molecule has 0 N–H and O–H groups in total. The molecule has 0 amide bonds. The molecule has 4 heteroatoms. The molecule has 0 rings (SSSR count). The molecular formula is C7H17O3Si. The van der Waals surface area contributed by atoms with Gasteiger partial charge in [0.05, 0.1) is 16.6 Å². The Labute approximate surface area is 70.8 Å². The maximum atomic E-state index is 5.06. The molecule has 0 saturated heterocycles. The van der Waals surface area contributed by atoms with Gasteiger partial charge in [0.1, 0.15) is 5.91 Å². The molecule has 0 spiro atoms. The monoisotopic (exact) mass is 177 g/mol. The van der Waals surface area contributed by atoms with E-state index in [1.165, 1.54) is 6.04 Å². The SMILES string of the molecule is [CH2]OCCC[SiH2]C(OC)OC. The van der Waals surface area contributed by atoms with E-state index in [-0.39, 0.29) is 15.4 Å². The average Bonchev–Trinajstić information content (AvgIpc) is 2.05. The smallest absolute Gasteiger partial charge is 0.134 e. The zero-order valence-electron chi connectivity index (χ0n) is 7.34. The van der Waals surface area contributed by atoms with E-state index < -0.39 is 0 Å². The second-order valence-corrected chi connectivity index (χ2v) is 4.26. The van der Waals surface area contributed by atoms with Crippen LogP contribution in [0.5, 0.6) is 0 Å². The first-order valence-electron chi connectivity index (χ1n) is 3.77. The van der Waals surface area contributed by atoms with Crippen LogP contribution in [0.15, 0.2) is 0 Å². The van der Waals surface area contributed by atoms with Crippen molar-refractivity contribution in [3.63, 3.8) is 0 Å². The van der Waals surface area contributed by atoms with Crippen LogP contribution in [-0.2, 0) is 14.2 Å². The summed E-state index contributed by atoms with van der Waals surface area (Å²) in [6, 6.07) is 1.18. The summed E-state index contributed by atoms with van der Waals surface area (Å²) in [7, 11) is 6.41. The summed E-state index contributed by atoms with van der Waals surface area (Å²) < 4.78 is 14.8. The lowest BCUT2D eigenvalue weighted by Gasteiger charge is -2.11. The molecule has 11 heavy (non-hydrogen) atoms. The highest BCUT2D eigenvalue weighted by atomic mass is 28.2. The Morgan fingerprint density at radius 2 is 2.00 bits per heavy atom. The molecule has 67 valence electrons. The van der Waals surface area contributed by atoms with Crippen LogP contribution in [0.3, 0.4) is 0 Å². The van der Waals surface area contributed by atoms with E-state index in [0.717, 1.165) is 13.0 Å². The zero-order valence-corrected chi connectivity index (χ0v) is 8.75. The van der Waals surface area contributed by atoms with Crippen LogP contribution in [0.25, 0.3) is 0 Å². The standard InChI is InChI=1S/C7H17O3Si/c1-8-5-4-6-11-7(9-2)10-3/h7H,1,4-6,11H2,2-3H3. The topological polar surface area (TPSA) is 27.7 Å². The van der Waals surface area contributed by atoms with Gasteiger partial charge >= 0.3 is 0 Å². The molecule has 0 saturated carbocycles. The van der Waals surface area contributed by atoms with Gasteiger partial charge in [-0.15, -0.1) is 0 Å². The number of ether oxygens (including phenoxy) is 3. The van der Waals surface area contributed by atoms with Crippen molar-refractivity contribution in [1.29, 1.82) is 0 Å². The maximum Gasteiger partial charge on any atom is 0.134 e. The second-order valence-electron chi connectivity index (χ2n) is 2.30. The Morgan fingerprint density at radius 1 is 1.36 bits per heavy atom. The average molecular weight is 177 g/mol. The molecule has 0 heterocycles. The Kier molecular flexibility index (Phi) is 8.27. The molecule has 0 aliphatic rings. The maximum absolute atomic E-state index is 5.06. The lowest BCUT2D eigenvalue weighted by molar-refractivity contribution is -0.0441. The summed E-state index contributed by atoms with van der Waals surface area (Å²) >= 11 is 0. The van der Waals surface area contributed by atoms with Crippen LogP contribution in [0.1, 0.15) is 6.42 Å². The predicted molar refractivity (Wildman–Crippen MR) is 47.1 cm³/mol. The van der Waals surface area contributed by atoms with Crippen LogP contribution in [0, 0.1) is 7.11 Å². The number of methoxy groups -OCH3 is 2. The third-order valence-corrected chi connectivity index (χ3v) is 3.55. The summed E-state index contributed by atoms with van der Waals surface area (Å²) in [4.78, 5) is 0. The Hall–Kier alpha value is 0.0969. The van der Waals surface area contributed by atoms with Gasteiger partial charge in [0.15, 0.2) is 0 Å². The molecular weight excluding hydrogens is 160 g/mol. The van der Waals surface area contributed by atoms with E-state index in [1.807, 2.05) is 0 Å². The summed E-state index contributed by atoms with van der Waals surface area (Å²) in [5.41, 5.74) is 0. The van der Waals surface area contributed by atoms with Crippen molar-refractivity contribution < 1.29 is 14.2 Å². The Bertz CT molecular complexity index is 76.1. The van der Waals surface area contributed by atoms with Crippen molar-refractivity contribution in [1.82, 2.24) is 0 Å². The molecule has 0 aromatic rings. The van der Waals surface area contributed by atoms with Gasteiger partial charge in [0.25, 0.3) is 0 Å². The highest BCUT2D eigenvalue weighted by molar-refractivity contribution is 6.36. The van der Waals surface area contributed by atoms with E-state index in [2.05, 4.69) is 11.8 Å². The van der Waals surface area contributed by atoms with E-state index in [4.69, 9.17) is 9.47 Å². The van der Waals surface area contributed by atoms with Crippen LogP contribution < -0.4 is 0 Å². The van der Waals surface area contributed by atoms with Gasteiger partial charge in [-0.1, -0.05) is 6.04 Å². The highest BCUT2D eigenvalue weighted by Crippen LogP contribution is 1.96. The number of hydrogen-bond acceptors (Lipinski definition) is 3. The Balaban J connectivity index is 3.07. The third kappa shape index (κ3) is 6.49. The summed E-state index contributed by atoms with van der Waals surface area (Å²) in [6.07, 6.45) is 1.07. The lowest BCUT2D eigenvalue weighted by atomic mass is 10.5. The fourth-order valence-electron chi connectivity index (χ4n) is 0.847. The van der Waals surface area contributed by atoms with E-state index in [9.17, 15) is 0 Å². The van der Waals surface area contributed by atoms with Crippen LogP contribution in [-0.4, -0.2) is 36.3 Å². The van der Waals surface area contributed by atoms with Crippen molar-refractivity contribution in [3.8, 4) is 0 Å². The van der Waals surface area contributed by atoms with Crippen molar-refractivity contribution in [2.75, 3.05) is 20.8 Å². The minimum absolute atomic E-state index is 0.0693. The zero-order chi connectivity index (χ0) is 8.53. The highest BCUT2D eigenvalue weighted by Gasteiger charge is 2.03. The van der Waals surface area contributed by atoms with Crippen LogP contribution >= 0.6 is 0 Å². The molecule has 0 aliphatic heterocycles. The number of rotatable bonds is 7. The van der Waals surface area contributed by atoms with Gasteiger partial charge in [-0.2, -0.15) is 0 Å². The lowest BCUT2D eigenvalue weighted by Crippen LogP contribution is -2.21. The number of hydrogen-bond donors (Lipinski definition) is 0. The molecule has 1 radical (unpaired) electrons. The molecule has 0 unspecified atom stereocenters. The minimum Gasteiger partial charge on any atom is -0.379 e. The van der Waals surface area contributed by atoms with Gasteiger partial charge in [-0.25, -0.2) is 0 Å². The van der Waals surface area contributed by atoms with Gasteiger partial charge < -0.3 is 14.2 Å². The van der Waals surface area contributed by atoms with Crippen molar-refractivity contribution in [2.24, 2.45) is 0 Å². The van der Waals surface area contributed by atoms with Gasteiger partial charge in [0, 0.05) is 20.8 Å². The van der Waals surface area contributed by atoms with Crippen molar-refractivity contribution >= 4 is 9.52 Å². The van der Waals surface area contributed by atoms with Crippen molar-refractivity contribution in [2.45, 2.75) is 18.4 Å². The Morgan fingerprint density at radius 3 is 2.45 bits per heavy atom. The first-order valence-corrected chi connectivity index (χ1v) is 5.59. The quantitative estimate of drug-likeness (QED) is 0.319. The molecule has 0 aromatic heterocycles. The first-order chi connectivity index (χ1) is 5.35. The second kappa shape index (κ2) is 8.20. The minimum atomic E-state index is -0.247. The summed E-state index contributed by atoms with van der Waals surface area (Å²) in [6.45, 7) is 0.743. The fraction of sp³-hybridized carbons (Fsp3) is 0.857. The molecule has 0 atom stereocenters. The largest absolute Gasteiger partial charge is 0.379 e.